The quantitative estimate of drug-likeness (QED) is 0.665. The largest absolute Gasteiger partial charge is 0.351 e. The molecule has 0 fully saturated rings. The van der Waals surface area contributed by atoms with Gasteiger partial charge in [-0.05, 0) is 40.3 Å². The van der Waals surface area contributed by atoms with Gasteiger partial charge in [-0.1, -0.05) is 13.3 Å². The van der Waals surface area contributed by atoms with E-state index in [-0.39, 0.29) is 23.9 Å². The van der Waals surface area contributed by atoms with Gasteiger partial charge in [0.1, 0.15) is 0 Å². The summed E-state index contributed by atoms with van der Waals surface area (Å²) in [6.07, 6.45) is 3.66. The van der Waals surface area contributed by atoms with Crippen molar-refractivity contribution >= 4 is 18.3 Å². The lowest BCUT2D eigenvalue weighted by Gasteiger charge is -2.25. The fourth-order valence-electron chi connectivity index (χ4n) is 1.55. The third kappa shape index (κ3) is 10.0. The molecule has 0 saturated carbocycles. The summed E-state index contributed by atoms with van der Waals surface area (Å²) in [5.41, 5.74) is -0.0501. The van der Waals surface area contributed by atoms with Gasteiger partial charge in [0.15, 0.2) is 0 Å². The van der Waals surface area contributed by atoms with Gasteiger partial charge in [-0.2, -0.15) is 0 Å². The van der Waals surface area contributed by atoms with Crippen LogP contribution in [0.1, 0.15) is 46.5 Å². The van der Waals surface area contributed by atoms with Crippen LogP contribution in [0.25, 0.3) is 0 Å². The van der Waals surface area contributed by atoms with Crippen molar-refractivity contribution < 1.29 is 4.79 Å². The van der Waals surface area contributed by atoms with Gasteiger partial charge in [0.25, 0.3) is 0 Å². The summed E-state index contributed by atoms with van der Waals surface area (Å²) >= 11 is 0. The molecule has 0 aromatic rings. The Bertz CT molecular complexity index is 172. The predicted molar refractivity (Wildman–Crippen MR) is 67.5 cm³/mol. The Hall–Kier alpha value is -0.280. The lowest BCUT2D eigenvalue weighted by Crippen LogP contribution is -2.43. The Morgan fingerprint density at radius 2 is 1.93 bits per heavy atom. The number of amides is 1. The van der Waals surface area contributed by atoms with E-state index >= 15 is 0 Å². The zero-order valence-corrected chi connectivity index (χ0v) is 11.2. The van der Waals surface area contributed by atoms with E-state index in [1.165, 1.54) is 0 Å². The molecule has 2 N–H and O–H groups in total. The SMILES string of the molecule is CCCC(C)(C)NC(=O)CCCNC.Cl. The fraction of sp³-hybridized carbons (Fsp3) is 0.909. The molecule has 0 rings (SSSR count). The second-order valence-electron chi connectivity index (χ2n) is 4.39. The van der Waals surface area contributed by atoms with Crippen LogP contribution in [0.2, 0.25) is 0 Å². The molecule has 3 nitrogen and oxygen atoms in total. The van der Waals surface area contributed by atoms with Crippen molar-refractivity contribution in [3.63, 3.8) is 0 Å². The Kier molecular flexibility index (Phi) is 10.3. The predicted octanol–water partition coefficient (Wildman–Crippen LogP) is 2.10. The molecule has 0 heterocycles. The second kappa shape index (κ2) is 8.98. The summed E-state index contributed by atoms with van der Waals surface area (Å²) in [7, 11) is 1.90. The van der Waals surface area contributed by atoms with E-state index in [1.54, 1.807) is 0 Å². The van der Waals surface area contributed by atoms with Crippen LogP contribution in [-0.4, -0.2) is 25.0 Å². The van der Waals surface area contributed by atoms with Gasteiger partial charge < -0.3 is 10.6 Å². The first-order valence-electron chi connectivity index (χ1n) is 5.47. The number of hydrogen-bond acceptors (Lipinski definition) is 2. The lowest BCUT2D eigenvalue weighted by molar-refractivity contribution is -0.122. The van der Waals surface area contributed by atoms with Crippen molar-refractivity contribution in [3.8, 4) is 0 Å². The molecular weight excluding hydrogens is 212 g/mol. The summed E-state index contributed by atoms with van der Waals surface area (Å²) in [5, 5.41) is 6.08. The number of rotatable bonds is 7. The summed E-state index contributed by atoms with van der Waals surface area (Å²) in [4.78, 5) is 11.5. The van der Waals surface area contributed by atoms with Crippen LogP contribution in [0, 0.1) is 0 Å². The third-order valence-corrected chi connectivity index (χ3v) is 2.18. The average molecular weight is 237 g/mol. The Morgan fingerprint density at radius 1 is 1.33 bits per heavy atom. The molecule has 0 bridgehead atoms. The van der Waals surface area contributed by atoms with E-state index in [1.807, 2.05) is 7.05 Å². The maximum absolute atomic E-state index is 11.5. The van der Waals surface area contributed by atoms with Crippen LogP contribution in [0.3, 0.4) is 0 Å². The fourth-order valence-corrected chi connectivity index (χ4v) is 1.55. The van der Waals surface area contributed by atoms with E-state index in [2.05, 4.69) is 31.4 Å². The van der Waals surface area contributed by atoms with Crippen molar-refractivity contribution in [3.05, 3.63) is 0 Å². The van der Waals surface area contributed by atoms with Crippen LogP contribution in [0.15, 0.2) is 0 Å². The van der Waals surface area contributed by atoms with Crippen molar-refractivity contribution in [1.82, 2.24) is 10.6 Å². The number of halogens is 1. The van der Waals surface area contributed by atoms with Crippen LogP contribution in [0.4, 0.5) is 0 Å². The van der Waals surface area contributed by atoms with Gasteiger partial charge in [0.05, 0.1) is 0 Å². The minimum Gasteiger partial charge on any atom is -0.351 e. The van der Waals surface area contributed by atoms with E-state index < -0.39 is 0 Å². The third-order valence-electron chi connectivity index (χ3n) is 2.18. The molecule has 0 atom stereocenters. The molecule has 15 heavy (non-hydrogen) atoms. The van der Waals surface area contributed by atoms with Gasteiger partial charge in [-0.3, -0.25) is 4.79 Å². The van der Waals surface area contributed by atoms with E-state index in [4.69, 9.17) is 0 Å². The molecule has 0 aromatic carbocycles. The highest BCUT2D eigenvalue weighted by Crippen LogP contribution is 2.10. The van der Waals surface area contributed by atoms with Gasteiger partial charge in [-0.25, -0.2) is 0 Å². The van der Waals surface area contributed by atoms with Crippen molar-refractivity contribution in [2.75, 3.05) is 13.6 Å². The van der Waals surface area contributed by atoms with Gasteiger partial charge >= 0.3 is 0 Å². The van der Waals surface area contributed by atoms with Gasteiger partial charge in [-0.15, -0.1) is 12.4 Å². The molecule has 0 radical (unpaired) electrons. The Balaban J connectivity index is 0. The molecular formula is C11H25ClN2O. The van der Waals surface area contributed by atoms with Gasteiger partial charge in [0, 0.05) is 12.0 Å². The average Bonchev–Trinajstić information content (AvgIpc) is 2.03. The molecule has 0 unspecified atom stereocenters. The highest BCUT2D eigenvalue weighted by molar-refractivity contribution is 5.85. The molecule has 1 amide bonds. The molecule has 0 aliphatic carbocycles. The molecule has 0 aliphatic heterocycles. The number of carbonyl (C=O) groups is 1. The van der Waals surface area contributed by atoms with Crippen LogP contribution in [-0.2, 0) is 4.79 Å². The minimum atomic E-state index is -0.0501. The van der Waals surface area contributed by atoms with Crippen molar-refractivity contribution in [2.45, 2.75) is 52.0 Å². The molecule has 0 aliphatic rings. The smallest absolute Gasteiger partial charge is 0.220 e. The summed E-state index contributed by atoms with van der Waals surface area (Å²) in [6.45, 7) is 7.19. The maximum atomic E-state index is 11.5. The van der Waals surface area contributed by atoms with Crippen LogP contribution >= 0.6 is 12.4 Å². The van der Waals surface area contributed by atoms with Gasteiger partial charge in [0.2, 0.25) is 5.91 Å². The summed E-state index contributed by atoms with van der Waals surface area (Å²) in [6, 6.07) is 0. The first-order chi connectivity index (χ1) is 6.52. The first kappa shape index (κ1) is 17.1. The highest BCUT2D eigenvalue weighted by atomic mass is 35.5. The molecule has 0 aromatic heterocycles. The van der Waals surface area contributed by atoms with Crippen molar-refractivity contribution in [1.29, 1.82) is 0 Å². The maximum Gasteiger partial charge on any atom is 0.220 e. The number of carbonyl (C=O) groups excluding carboxylic acids is 1. The normalized spacial score (nSPS) is 10.7. The Morgan fingerprint density at radius 3 is 2.40 bits per heavy atom. The Labute approximate surface area is 99.8 Å². The number of nitrogens with one attached hydrogen (secondary N) is 2. The second-order valence-corrected chi connectivity index (χ2v) is 4.39. The van der Waals surface area contributed by atoms with Crippen molar-refractivity contribution in [2.24, 2.45) is 0 Å². The zero-order valence-electron chi connectivity index (χ0n) is 10.4. The van der Waals surface area contributed by atoms with E-state index in [0.29, 0.717) is 6.42 Å². The summed E-state index contributed by atoms with van der Waals surface area (Å²) < 4.78 is 0. The molecule has 92 valence electrons. The molecule has 0 saturated heterocycles. The first-order valence-corrected chi connectivity index (χ1v) is 5.47. The number of hydrogen-bond donors (Lipinski definition) is 2. The van der Waals surface area contributed by atoms with E-state index in [9.17, 15) is 4.79 Å². The van der Waals surface area contributed by atoms with Crippen LogP contribution < -0.4 is 10.6 Å². The van der Waals surface area contributed by atoms with E-state index in [0.717, 1.165) is 25.8 Å². The molecule has 0 spiro atoms. The summed E-state index contributed by atoms with van der Waals surface area (Å²) in [5.74, 6) is 0.165. The minimum absolute atomic E-state index is 0. The molecule has 4 heteroatoms. The monoisotopic (exact) mass is 236 g/mol. The zero-order chi connectivity index (χ0) is 11.0. The standard InChI is InChI=1S/C11H24N2O.ClH/c1-5-8-11(2,3)13-10(14)7-6-9-12-4;/h12H,5-9H2,1-4H3,(H,13,14);1H. The lowest BCUT2D eigenvalue weighted by atomic mass is 9.99. The highest BCUT2D eigenvalue weighted by Gasteiger charge is 2.18. The van der Waals surface area contributed by atoms with Crippen LogP contribution in [0.5, 0.6) is 0 Å². The topological polar surface area (TPSA) is 41.1 Å².